The van der Waals surface area contributed by atoms with Crippen molar-refractivity contribution in [2.24, 2.45) is 0 Å². The summed E-state index contributed by atoms with van der Waals surface area (Å²) in [4.78, 5) is 38.2. The van der Waals surface area contributed by atoms with Crippen LogP contribution in [-0.4, -0.2) is 37.2 Å². The molecule has 0 radical (unpaired) electrons. The van der Waals surface area contributed by atoms with E-state index in [0.717, 1.165) is 180 Å². The number of hydrogen-bond donors (Lipinski definition) is 0. The molecule has 0 aliphatic carbocycles. The molecule has 0 heterocycles. The summed E-state index contributed by atoms with van der Waals surface area (Å²) >= 11 is 0. The Balaban J connectivity index is 4.31. The molecular weight excluding hydrogens is 949 g/mol. The average Bonchev–Trinajstić information content (AvgIpc) is 3.43. The largest absolute Gasteiger partial charge is 0.462 e. The molecule has 0 fully saturated rings. The molecule has 0 bridgehead atoms. The minimum atomic E-state index is -0.801. The Kier molecular flexibility index (Phi) is 59.9. The number of unbranched alkanes of at least 4 members (excludes halogenated alkanes) is 20. The van der Waals surface area contributed by atoms with Gasteiger partial charge in [0.15, 0.2) is 6.10 Å². The van der Waals surface area contributed by atoms with Crippen molar-refractivity contribution < 1.29 is 28.6 Å². The van der Waals surface area contributed by atoms with Crippen molar-refractivity contribution in [1.29, 1.82) is 0 Å². The molecule has 6 nitrogen and oxygen atoms in total. The average molecular weight is 1060 g/mol. The lowest BCUT2D eigenvalue weighted by Crippen LogP contribution is -2.30. The third kappa shape index (κ3) is 62.0. The van der Waals surface area contributed by atoms with Crippen LogP contribution in [0.1, 0.15) is 265 Å². The summed E-state index contributed by atoms with van der Waals surface area (Å²) in [5.41, 5.74) is 0. The van der Waals surface area contributed by atoms with E-state index in [9.17, 15) is 14.4 Å². The first-order valence-corrected chi connectivity index (χ1v) is 31.3. The number of rotatable bonds is 55. The van der Waals surface area contributed by atoms with Crippen LogP contribution in [0.5, 0.6) is 0 Å². The highest BCUT2D eigenvalue weighted by molar-refractivity contribution is 5.71. The fourth-order valence-corrected chi connectivity index (χ4v) is 8.18. The lowest BCUT2D eigenvalue weighted by molar-refractivity contribution is -0.167. The second-order valence-corrected chi connectivity index (χ2v) is 20.2. The van der Waals surface area contributed by atoms with Crippen molar-refractivity contribution in [2.45, 2.75) is 271 Å². The number of carbonyl (C=O) groups is 3. The lowest BCUT2D eigenvalue weighted by Gasteiger charge is -2.18. The highest BCUT2D eigenvalue weighted by atomic mass is 16.6. The maximum atomic E-state index is 12.9. The zero-order chi connectivity index (χ0) is 55.7. The van der Waals surface area contributed by atoms with Crippen LogP contribution in [0.3, 0.4) is 0 Å². The van der Waals surface area contributed by atoms with Gasteiger partial charge in [0.1, 0.15) is 13.2 Å². The van der Waals surface area contributed by atoms with E-state index in [0.29, 0.717) is 19.3 Å². The zero-order valence-electron chi connectivity index (χ0n) is 49.7. The number of carbonyl (C=O) groups excluding carboxylic acids is 3. The summed E-state index contributed by atoms with van der Waals surface area (Å²) in [5.74, 6) is -0.937. The predicted molar refractivity (Wildman–Crippen MR) is 334 cm³/mol. The maximum absolute atomic E-state index is 12.9. The Hall–Kier alpha value is -4.71. The molecular formula is C71H114O6. The Labute approximate surface area is 474 Å². The SMILES string of the molecule is CC/C=C\C/C=C\C/C=C\C/C=C\C/C=C\C/C=C\C/C=C\CCCCCCCCCCCC(=O)OCC(COC(=O)CCCCCCC/C=C\C/C=C\CCC)OC(=O)CCCCCCC/C=C\C/C=C\C/C=C\CC. The smallest absolute Gasteiger partial charge is 0.306 e. The van der Waals surface area contributed by atoms with Gasteiger partial charge in [-0.25, -0.2) is 0 Å². The quantitative estimate of drug-likeness (QED) is 0.0261. The molecule has 1 atom stereocenters. The van der Waals surface area contributed by atoms with E-state index in [4.69, 9.17) is 14.2 Å². The Morgan fingerprint density at radius 1 is 0.273 bits per heavy atom. The van der Waals surface area contributed by atoms with E-state index in [-0.39, 0.29) is 31.1 Å². The van der Waals surface area contributed by atoms with Gasteiger partial charge < -0.3 is 14.2 Å². The van der Waals surface area contributed by atoms with E-state index < -0.39 is 6.10 Å². The van der Waals surface area contributed by atoms with Gasteiger partial charge in [-0.05, 0) is 135 Å². The van der Waals surface area contributed by atoms with Crippen LogP contribution in [0, 0.1) is 0 Å². The minimum Gasteiger partial charge on any atom is -0.462 e. The predicted octanol–water partition coefficient (Wildman–Crippen LogP) is 21.5. The van der Waals surface area contributed by atoms with E-state index in [1.165, 1.54) is 44.9 Å². The molecule has 1 unspecified atom stereocenters. The monoisotopic (exact) mass is 1060 g/mol. The zero-order valence-corrected chi connectivity index (χ0v) is 49.7. The second kappa shape index (κ2) is 63.8. The first kappa shape index (κ1) is 72.3. The van der Waals surface area contributed by atoms with Crippen LogP contribution in [0.25, 0.3) is 0 Å². The Morgan fingerprint density at radius 2 is 0.506 bits per heavy atom. The van der Waals surface area contributed by atoms with Crippen molar-refractivity contribution in [3.8, 4) is 0 Å². The van der Waals surface area contributed by atoms with E-state index in [1.807, 2.05) is 0 Å². The highest BCUT2D eigenvalue weighted by Crippen LogP contribution is 2.15. The summed E-state index contributed by atoms with van der Waals surface area (Å²) in [5, 5.41) is 0. The van der Waals surface area contributed by atoms with Gasteiger partial charge >= 0.3 is 17.9 Å². The van der Waals surface area contributed by atoms with Gasteiger partial charge in [-0.15, -0.1) is 0 Å². The molecule has 0 saturated heterocycles. The van der Waals surface area contributed by atoms with Crippen LogP contribution in [-0.2, 0) is 28.6 Å². The maximum Gasteiger partial charge on any atom is 0.306 e. The van der Waals surface area contributed by atoms with Crippen molar-refractivity contribution in [1.82, 2.24) is 0 Å². The first-order chi connectivity index (χ1) is 38.0. The van der Waals surface area contributed by atoms with Gasteiger partial charge in [-0.3, -0.25) is 14.4 Å². The normalized spacial score (nSPS) is 13.1. The molecule has 0 rings (SSSR count). The van der Waals surface area contributed by atoms with Crippen molar-refractivity contribution >= 4 is 17.9 Å². The van der Waals surface area contributed by atoms with Crippen LogP contribution in [0.4, 0.5) is 0 Å². The molecule has 0 aliphatic rings. The summed E-state index contributed by atoms with van der Waals surface area (Å²) in [6, 6.07) is 0. The van der Waals surface area contributed by atoms with Gasteiger partial charge in [-0.2, -0.15) is 0 Å². The molecule has 434 valence electrons. The Morgan fingerprint density at radius 3 is 0.792 bits per heavy atom. The van der Waals surface area contributed by atoms with Crippen molar-refractivity contribution in [3.63, 3.8) is 0 Å². The fourth-order valence-electron chi connectivity index (χ4n) is 8.18. The molecule has 0 aromatic heterocycles. The summed E-state index contributed by atoms with van der Waals surface area (Å²) in [7, 11) is 0. The molecule has 0 amide bonds. The van der Waals surface area contributed by atoms with Gasteiger partial charge in [0, 0.05) is 19.3 Å². The van der Waals surface area contributed by atoms with Crippen LogP contribution in [0.15, 0.2) is 146 Å². The topological polar surface area (TPSA) is 78.9 Å². The van der Waals surface area contributed by atoms with E-state index >= 15 is 0 Å². The molecule has 0 saturated carbocycles. The fraction of sp³-hybridized carbons (Fsp3) is 0.620. The summed E-state index contributed by atoms with van der Waals surface area (Å²) in [6.45, 7) is 6.31. The van der Waals surface area contributed by atoms with E-state index in [2.05, 4.69) is 167 Å². The van der Waals surface area contributed by atoms with Crippen molar-refractivity contribution in [2.75, 3.05) is 13.2 Å². The Bertz CT molecular complexity index is 1700. The standard InChI is InChI=1S/C71H114O6/c1-4-7-10-13-16-19-22-25-27-28-29-30-31-32-33-34-35-36-37-38-39-40-41-42-44-46-49-52-55-58-61-64-70(73)76-67-68(66-75-69(72)63-60-57-54-51-48-45-24-21-18-15-12-9-6-3)77-71(74)65-62-59-56-53-50-47-43-26-23-20-17-14-11-8-5-2/h7-8,10-12,15-17,19-21,24-27,29-30,32-33,35-36,38-39,43,68H,4-6,9,13-14,18,22-23,28,31,34,37,40-42,44-67H2,1-3H3/b10-7-,11-8-,15-12-,19-16-,20-17-,24-21-,27-25-,30-29-,33-32-,36-35-,39-38-,43-26-. The summed E-state index contributed by atoms with van der Waals surface area (Å²) in [6.07, 6.45) is 91.4. The number of esters is 3. The molecule has 0 N–H and O–H groups in total. The highest BCUT2D eigenvalue weighted by Gasteiger charge is 2.19. The van der Waals surface area contributed by atoms with Gasteiger partial charge in [-0.1, -0.05) is 256 Å². The number of ether oxygens (including phenoxy) is 3. The van der Waals surface area contributed by atoms with Crippen molar-refractivity contribution in [3.05, 3.63) is 146 Å². The number of allylic oxidation sites excluding steroid dienone is 24. The molecule has 0 aromatic carbocycles. The van der Waals surface area contributed by atoms with E-state index in [1.54, 1.807) is 0 Å². The molecule has 0 aromatic rings. The third-order valence-electron chi connectivity index (χ3n) is 12.8. The van der Waals surface area contributed by atoms with Gasteiger partial charge in [0.2, 0.25) is 0 Å². The molecule has 0 spiro atoms. The van der Waals surface area contributed by atoms with Crippen LogP contribution < -0.4 is 0 Å². The summed E-state index contributed by atoms with van der Waals surface area (Å²) < 4.78 is 16.9. The first-order valence-electron chi connectivity index (χ1n) is 31.3. The molecule has 77 heavy (non-hydrogen) atoms. The van der Waals surface area contributed by atoms with Crippen LogP contribution >= 0.6 is 0 Å². The second-order valence-electron chi connectivity index (χ2n) is 20.2. The van der Waals surface area contributed by atoms with Gasteiger partial charge in [0.25, 0.3) is 0 Å². The number of hydrogen-bond acceptors (Lipinski definition) is 6. The third-order valence-corrected chi connectivity index (χ3v) is 12.8. The van der Waals surface area contributed by atoms with Gasteiger partial charge in [0.05, 0.1) is 0 Å². The van der Waals surface area contributed by atoms with Crippen LogP contribution in [0.2, 0.25) is 0 Å². The molecule has 6 heteroatoms. The minimum absolute atomic E-state index is 0.0974. The lowest BCUT2D eigenvalue weighted by atomic mass is 10.1. The molecule has 0 aliphatic heterocycles.